The number of methoxy groups -OCH3 is 1. The van der Waals surface area contributed by atoms with Crippen LogP contribution in [0, 0.1) is 24.7 Å². The molecule has 0 unspecified atom stereocenters. The molecule has 0 radical (unpaired) electrons. The third-order valence-electron chi connectivity index (χ3n) is 11.0. The first kappa shape index (κ1) is 36.3. The van der Waals surface area contributed by atoms with Crippen molar-refractivity contribution in [3.8, 4) is 22.2 Å². The van der Waals surface area contributed by atoms with Gasteiger partial charge in [-0.1, -0.05) is 26.0 Å². The van der Waals surface area contributed by atoms with E-state index < -0.39 is 50.6 Å². The van der Waals surface area contributed by atoms with E-state index in [0.29, 0.717) is 48.5 Å². The molecular weight excluding hydrogens is 703 g/mol. The maximum absolute atomic E-state index is 14.3. The van der Waals surface area contributed by atoms with E-state index >= 15 is 0 Å². The van der Waals surface area contributed by atoms with Crippen molar-refractivity contribution in [1.82, 2.24) is 24.9 Å². The zero-order chi connectivity index (χ0) is 36.9. The number of aromatic nitrogens is 2. The monoisotopic (exact) mass is 749 g/mol. The third-order valence-corrected chi connectivity index (χ3v) is 13.7. The standard InChI is InChI=1S/C38H47N5O7S2/c1-21(2)30-20-51-35(40-30)29-18-32(26-13-14-31(49-5)22(3)33(26)39-29)50-24-16-27-28(17-24)36(45)43(4)15-9-7-6-8-10-23-19-38(23,41-34(27)44)37(46)42-52(47,48)25-11-12-25/h8,10,13-14,18,20-21,23-25,27-28H,6-7,9,11-12,15-17,19H2,1-5H3,(H,41,44)(H,42,46)/b10-8-/t23-,24+,27+,28+,38-/m0/s1. The average Bonchev–Trinajstić information content (AvgIpc) is 3.98. The number of thiazole rings is 1. The molecule has 278 valence electrons. The Bertz CT molecular complexity index is 2040. The van der Waals surface area contributed by atoms with E-state index in [1.54, 1.807) is 19.1 Å². The molecule has 3 saturated carbocycles. The Morgan fingerprint density at radius 2 is 1.88 bits per heavy atom. The SMILES string of the molecule is COc1ccc2c(O[C@@H]3C[C@H]4C(=O)N[C@@]5(C(=O)NS(=O)(=O)C6CC6)C[C@@H]5/C=C\CCCCN(C)C(=O)[C@@H]4C3)cc(-c3nc(C(C)C)cs3)nc2c1C. The van der Waals surface area contributed by atoms with Crippen molar-refractivity contribution in [2.45, 2.75) is 94.9 Å². The lowest BCUT2D eigenvalue weighted by Gasteiger charge is -2.26. The normalized spacial score (nSPS) is 27.4. The van der Waals surface area contributed by atoms with Gasteiger partial charge in [-0.25, -0.2) is 18.4 Å². The molecule has 3 heterocycles. The highest BCUT2D eigenvalue weighted by Gasteiger charge is 2.62. The van der Waals surface area contributed by atoms with Crippen LogP contribution in [0.25, 0.3) is 21.6 Å². The van der Waals surface area contributed by atoms with Gasteiger partial charge in [0.15, 0.2) is 0 Å². The molecule has 0 saturated heterocycles. The largest absolute Gasteiger partial charge is 0.496 e. The highest BCUT2D eigenvalue weighted by Crippen LogP contribution is 2.47. The number of fused-ring (bicyclic) bond motifs is 3. The Hall–Kier alpha value is -4.04. The molecule has 2 aromatic heterocycles. The van der Waals surface area contributed by atoms with Gasteiger partial charge in [-0.3, -0.25) is 19.1 Å². The van der Waals surface area contributed by atoms with Gasteiger partial charge in [0.05, 0.1) is 35.4 Å². The predicted molar refractivity (Wildman–Crippen MR) is 199 cm³/mol. The highest BCUT2D eigenvalue weighted by atomic mass is 32.2. The number of amides is 3. The summed E-state index contributed by atoms with van der Waals surface area (Å²) in [5, 5.41) is 5.95. The highest BCUT2D eigenvalue weighted by molar-refractivity contribution is 7.91. The number of nitrogens with one attached hydrogen (secondary N) is 2. The Balaban J connectivity index is 1.21. The number of carbonyl (C=O) groups excluding carboxylic acids is 3. The second kappa shape index (κ2) is 14.1. The van der Waals surface area contributed by atoms with Crippen LogP contribution in [0.15, 0.2) is 35.7 Å². The molecule has 14 heteroatoms. The van der Waals surface area contributed by atoms with Crippen LogP contribution in [-0.4, -0.2) is 78.6 Å². The fraction of sp³-hybridized carbons (Fsp3) is 0.553. The average molecular weight is 750 g/mol. The van der Waals surface area contributed by atoms with E-state index in [-0.39, 0.29) is 30.6 Å². The molecule has 2 N–H and O–H groups in total. The molecule has 3 amide bonds. The second-order valence-corrected chi connectivity index (χ2v) is 17.9. The number of carbonyl (C=O) groups is 3. The summed E-state index contributed by atoms with van der Waals surface area (Å²) < 4.78 is 40.2. The number of sulfonamides is 1. The molecule has 3 aliphatic carbocycles. The molecule has 52 heavy (non-hydrogen) atoms. The van der Waals surface area contributed by atoms with Crippen molar-refractivity contribution in [3.63, 3.8) is 0 Å². The van der Waals surface area contributed by atoms with Crippen LogP contribution >= 0.6 is 11.3 Å². The van der Waals surface area contributed by atoms with Gasteiger partial charge in [0.2, 0.25) is 21.8 Å². The zero-order valence-corrected chi connectivity index (χ0v) is 31.9. The fourth-order valence-electron chi connectivity index (χ4n) is 7.55. The molecule has 0 bridgehead atoms. The van der Waals surface area contributed by atoms with Crippen molar-refractivity contribution >= 4 is 50.0 Å². The molecular formula is C38H47N5O7S2. The Morgan fingerprint density at radius 1 is 1.12 bits per heavy atom. The molecule has 3 aromatic rings. The Labute approximate surface area is 308 Å². The second-order valence-electron chi connectivity index (χ2n) is 15.1. The lowest BCUT2D eigenvalue weighted by atomic mass is 9.93. The predicted octanol–water partition coefficient (Wildman–Crippen LogP) is 5.25. The molecule has 1 aliphatic heterocycles. The lowest BCUT2D eigenvalue weighted by molar-refractivity contribution is -0.140. The molecule has 12 nitrogen and oxygen atoms in total. The summed E-state index contributed by atoms with van der Waals surface area (Å²) in [5.41, 5.74) is 1.79. The van der Waals surface area contributed by atoms with E-state index in [9.17, 15) is 22.8 Å². The van der Waals surface area contributed by atoms with Gasteiger partial charge in [-0.05, 0) is 76.3 Å². The van der Waals surface area contributed by atoms with E-state index in [2.05, 4.69) is 23.9 Å². The first-order valence-corrected chi connectivity index (χ1v) is 20.6. The van der Waals surface area contributed by atoms with E-state index in [0.717, 1.165) is 40.9 Å². The number of ether oxygens (including phenoxy) is 2. The quantitative estimate of drug-likeness (QED) is 0.294. The molecule has 5 atom stereocenters. The summed E-state index contributed by atoms with van der Waals surface area (Å²) in [6.45, 7) is 6.69. The van der Waals surface area contributed by atoms with Crippen LogP contribution in [0.3, 0.4) is 0 Å². The summed E-state index contributed by atoms with van der Waals surface area (Å²) in [5.74, 6) is -1.63. The number of aryl methyl sites for hydroxylation is 1. The third kappa shape index (κ3) is 7.03. The lowest BCUT2D eigenvalue weighted by Crippen LogP contribution is -2.54. The fourth-order valence-corrected chi connectivity index (χ4v) is 9.85. The van der Waals surface area contributed by atoms with Gasteiger partial charge >= 0.3 is 0 Å². The van der Waals surface area contributed by atoms with Gasteiger partial charge in [0.25, 0.3) is 5.91 Å². The maximum atomic E-state index is 14.3. The molecule has 3 fully saturated rings. The van der Waals surface area contributed by atoms with Crippen LogP contribution in [0.4, 0.5) is 0 Å². The van der Waals surface area contributed by atoms with Crippen LogP contribution in [0.2, 0.25) is 0 Å². The van der Waals surface area contributed by atoms with Crippen molar-refractivity contribution in [2.24, 2.45) is 17.8 Å². The number of rotatable bonds is 8. The summed E-state index contributed by atoms with van der Waals surface area (Å²) in [6, 6.07) is 5.66. The van der Waals surface area contributed by atoms with Crippen molar-refractivity contribution in [1.29, 1.82) is 0 Å². The van der Waals surface area contributed by atoms with Crippen molar-refractivity contribution in [3.05, 3.63) is 47.0 Å². The maximum Gasteiger partial charge on any atom is 0.259 e. The van der Waals surface area contributed by atoms with Crippen LogP contribution in [0.5, 0.6) is 11.5 Å². The summed E-state index contributed by atoms with van der Waals surface area (Å²) in [4.78, 5) is 53.5. The number of pyridine rings is 1. The van der Waals surface area contributed by atoms with Crippen LogP contribution in [-0.2, 0) is 24.4 Å². The van der Waals surface area contributed by atoms with E-state index in [1.807, 2.05) is 42.7 Å². The van der Waals surface area contributed by atoms with Gasteiger partial charge in [-0.15, -0.1) is 11.3 Å². The molecule has 1 aromatic carbocycles. The first-order chi connectivity index (χ1) is 24.8. The number of allylic oxidation sites excluding steroid dienone is 1. The minimum Gasteiger partial charge on any atom is -0.496 e. The summed E-state index contributed by atoms with van der Waals surface area (Å²) in [7, 11) is -0.445. The molecule has 7 rings (SSSR count). The van der Waals surface area contributed by atoms with Crippen molar-refractivity contribution in [2.75, 3.05) is 20.7 Å². The van der Waals surface area contributed by atoms with E-state index in [1.165, 1.54) is 11.3 Å². The smallest absolute Gasteiger partial charge is 0.259 e. The van der Waals surface area contributed by atoms with Crippen LogP contribution in [0.1, 0.15) is 82.4 Å². The van der Waals surface area contributed by atoms with Gasteiger partial charge in [0.1, 0.15) is 33.8 Å². The number of nitrogens with zero attached hydrogens (tertiary/aromatic N) is 3. The Kier molecular flexibility index (Phi) is 9.83. The Morgan fingerprint density at radius 3 is 2.60 bits per heavy atom. The van der Waals surface area contributed by atoms with E-state index in [4.69, 9.17) is 19.4 Å². The van der Waals surface area contributed by atoms with Gasteiger partial charge < -0.3 is 19.7 Å². The summed E-state index contributed by atoms with van der Waals surface area (Å²) in [6.07, 6.45) is 7.61. The van der Waals surface area contributed by atoms with Crippen molar-refractivity contribution < 1.29 is 32.3 Å². The minimum absolute atomic E-state index is 0.147. The summed E-state index contributed by atoms with van der Waals surface area (Å²) >= 11 is 1.51. The first-order valence-electron chi connectivity index (χ1n) is 18.2. The zero-order valence-electron chi connectivity index (χ0n) is 30.3. The molecule has 0 spiro atoms. The number of hydrogen-bond acceptors (Lipinski definition) is 10. The topological polar surface area (TPSA) is 157 Å². The van der Waals surface area contributed by atoms with Gasteiger partial charge in [-0.2, -0.15) is 0 Å². The van der Waals surface area contributed by atoms with Crippen LogP contribution < -0.4 is 19.5 Å². The van der Waals surface area contributed by atoms with Gasteiger partial charge in [0, 0.05) is 41.9 Å². The number of benzene rings is 1. The minimum atomic E-state index is -3.83. The number of hydrogen-bond donors (Lipinski definition) is 2. The molecule has 4 aliphatic rings.